The van der Waals surface area contributed by atoms with E-state index in [2.05, 4.69) is 24.1 Å². The molecular formula is C37H56N2O9. The third kappa shape index (κ3) is 11.3. The Hall–Kier alpha value is -2.93. The van der Waals surface area contributed by atoms with Crippen molar-refractivity contribution in [2.24, 2.45) is 11.8 Å². The smallest absolute Gasteiger partial charge is 0.309 e. The molecule has 0 saturated carbocycles. The lowest BCUT2D eigenvalue weighted by Crippen LogP contribution is -2.52. The van der Waals surface area contributed by atoms with E-state index < -0.39 is 47.5 Å². The number of ether oxygens (including phenoxy) is 4. The first-order valence-corrected chi connectivity index (χ1v) is 16.9. The van der Waals surface area contributed by atoms with Crippen molar-refractivity contribution in [3.8, 4) is 0 Å². The summed E-state index contributed by atoms with van der Waals surface area (Å²) in [6, 6.07) is 3.38. The second-order valence-electron chi connectivity index (χ2n) is 13.8. The average molecular weight is 673 g/mol. The van der Waals surface area contributed by atoms with Crippen molar-refractivity contribution in [2.45, 2.75) is 135 Å². The topological polar surface area (TPSA) is 160 Å². The number of carbonyl (C=O) groups is 2. The molecule has 0 aliphatic carbocycles. The number of aliphatic hydroxyl groups excluding tert-OH is 1. The number of aromatic nitrogens is 1. The van der Waals surface area contributed by atoms with E-state index in [0.717, 1.165) is 12.0 Å². The summed E-state index contributed by atoms with van der Waals surface area (Å²) in [7, 11) is 1.70. The lowest BCUT2D eigenvalue weighted by Gasteiger charge is -2.32. The van der Waals surface area contributed by atoms with E-state index in [0.29, 0.717) is 12.1 Å². The Morgan fingerprint density at radius 1 is 1.25 bits per heavy atom. The lowest BCUT2D eigenvalue weighted by atomic mass is 9.87. The lowest BCUT2D eigenvalue weighted by molar-refractivity contribution is -0.157. The Bertz CT molecular complexity index is 1270. The molecule has 2 aliphatic rings. The molecule has 0 bridgehead atoms. The second-order valence-corrected chi connectivity index (χ2v) is 13.8. The number of nitrogens with one attached hydrogen (secondary N) is 1. The summed E-state index contributed by atoms with van der Waals surface area (Å²) in [5, 5.41) is 36.9. The monoisotopic (exact) mass is 672 g/mol. The van der Waals surface area contributed by atoms with Crippen LogP contribution in [0.3, 0.4) is 0 Å². The minimum atomic E-state index is -1.45. The highest BCUT2D eigenvalue weighted by atomic mass is 16.6. The molecule has 0 aromatic carbocycles. The maximum atomic E-state index is 12.9. The highest BCUT2D eigenvalue weighted by molar-refractivity contribution is 5.70. The van der Waals surface area contributed by atoms with Crippen molar-refractivity contribution in [3.05, 3.63) is 66.0 Å². The molecule has 3 heterocycles. The second kappa shape index (κ2) is 17.6. The van der Waals surface area contributed by atoms with Gasteiger partial charge in [-0.25, -0.2) is 0 Å². The van der Waals surface area contributed by atoms with Crippen molar-refractivity contribution in [1.29, 1.82) is 0 Å². The van der Waals surface area contributed by atoms with Crippen LogP contribution >= 0.6 is 0 Å². The van der Waals surface area contributed by atoms with Gasteiger partial charge in [0.25, 0.3) is 0 Å². The first kappa shape index (κ1) is 39.5. The van der Waals surface area contributed by atoms with Crippen molar-refractivity contribution < 1.29 is 43.9 Å². The maximum absolute atomic E-state index is 12.9. The van der Waals surface area contributed by atoms with E-state index in [1.807, 2.05) is 26.0 Å². The quantitative estimate of drug-likeness (QED) is 0.104. The van der Waals surface area contributed by atoms with Crippen LogP contribution in [0.5, 0.6) is 0 Å². The molecule has 1 aromatic heterocycles. The van der Waals surface area contributed by atoms with Crippen LogP contribution in [0, 0.1) is 11.8 Å². The van der Waals surface area contributed by atoms with Gasteiger partial charge in [-0.2, -0.15) is 0 Å². The molecule has 11 atom stereocenters. The van der Waals surface area contributed by atoms with Crippen LogP contribution in [0.1, 0.15) is 79.7 Å². The zero-order valence-electron chi connectivity index (χ0n) is 29.7. The van der Waals surface area contributed by atoms with Crippen molar-refractivity contribution in [3.63, 3.8) is 0 Å². The number of rotatable bonds is 13. The van der Waals surface area contributed by atoms with Crippen LogP contribution in [0.2, 0.25) is 0 Å². The van der Waals surface area contributed by atoms with Crippen LogP contribution in [0.15, 0.2) is 60.5 Å². The van der Waals surface area contributed by atoms with Gasteiger partial charge >= 0.3 is 11.9 Å². The van der Waals surface area contributed by atoms with E-state index in [-0.39, 0.29) is 49.4 Å². The number of aliphatic hydroxyl groups is 3. The number of pyridine rings is 1. The summed E-state index contributed by atoms with van der Waals surface area (Å²) in [4.78, 5) is 28.8. The summed E-state index contributed by atoms with van der Waals surface area (Å²) in [5.41, 5.74) is -1.07. The van der Waals surface area contributed by atoms with E-state index in [4.69, 9.17) is 18.9 Å². The summed E-state index contributed by atoms with van der Waals surface area (Å²) < 4.78 is 23.1. The summed E-state index contributed by atoms with van der Waals surface area (Å²) in [5.74, 6) is -1.36. The fraction of sp³-hybridized carbons (Fsp3) is 0.649. The minimum absolute atomic E-state index is 0.0353. The number of methoxy groups -OCH3 is 1. The molecule has 1 fully saturated rings. The molecule has 0 spiro atoms. The number of nitrogens with zero attached hydrogens (tertiary/aromatic N) is 1. The van der Waals surface area contributed by atoms with E-state index >= 15 is 0 Å². The van der Waals surface area contributed by atoms with Gasteiger partial charge in [0.05, 0.1) is 36.4 Å². The highest BCUT2D eigenvalue weighted by Gasteiger charge is 2.54. The normalized spacial score (nSPS) is 32.6. The number of hydrogen-bond donors (Lipinski definition) is 4. The molecule has 0 radical (unpaired) electrons. The average Bonchev–Trinajstić information content (AvgIpc) is 3.81. The number of epoxide rings is 1. The van der Waals surface area contributed by atoms with Gasteiger partial charge in [0, 0.05) is 44.8 Å². The van der Waals surface area contributed by atoms with Crippen LogP contribution in [-0.2, 0) is 35.1 Å². The molecule has 2 unspecified atom stereocenters. The van der Waals surface area contributed by atoms with Crippen molar-refractivity contribution >= 4 is 11.9 Å². The third-order valence-corrected chi connectivity index (χ3v) is 9.46. The summed E-state index contributed by atoms with van der Waals surface area (Å²) in [6.45, 7) is 12.9. The Balaban J connectivity index is 1.86. The molecule has 48 heavy (non-hydrogen) atoms. The number of cyclic esters (lactones) is 1. The zero-order valence-corrected chi connectivity index (χ0v) is 29.7. The molecular weight excluding hydrogens is 616 g/mol. The van der Waals surface area contributed by atoms with Gasteiger partial charge < -0.3 is 39.6 Å². The Labute approximate surface area is 285 Å². The molecule has 268 valence electrons. The highest BCUT2D eigenvalue weighted by Crippen LogP contribution is 2.39. The van der Waals surface area contributed by atoms with Gasteiger partial charge in [-0.05, 0) is 69.4 Å². The summed E-state index contributed by atoms with van der Waals surface area (Å²) in [6.07, 6.45) is 9.85. The van der Waals surface area contributed by atoms with Crippen molar-refractivity contribution in [1.82, 2.24) is 10.3 Å². The van der Waals surface area contributed by atoms with Gasteiger partial charge in [-0.1, -0.05) is 45.1 Å². The molecule has 1 saturated heterocycles. The molecule has 0 amide bonds. The van der Waals surface area contributed by atoms with Gasteiger partial charge in [0.15, 0.2) is 0 Å². The fourth-order valence-corrected chi connectivity index (χ4v) is 6.40. The molecule has 1 aromatic rings. The SMILES string of the molecule is CC[C@H](OC)[C@@H](C)[C@H]1O[C@@H]1C(NCc1ccncc1)C(C)(O)/C=C/C=C(\C)[C@@H]1OC(=O)C[C@H](O)CC[C@@](C)(O)[C@@H](OC(C)=O)/C=C/[C@@H]1C. The van der Waals surface area contributed by atoms with Gasteiger partial charge in [-0.15, -0.1) is 0 Å². The number of esters is 2. The van der Waals surface area contributed by atoms with Crippen LogP contribution < -0.4 is 5.32 Å². The number of carbonyl (C=O) groups excluding carboxylic acids is 2. The minimum Gasteiger partial charge on any atom is -0.457 e. The predicted molar refractivity (Wildman–Crippen MR) is 182 cm³/mol. The van der Waals surface area contributed by atoms with Gasteiger partial charge in [0.2, 0.25) is 0 Å². The molecule has 11 nitrogen and oxygen atoms in total. The summed E-state index contributed by atoms with van der Waals surface area (Å²) >= 11 is 0. The van der Waals surface area contributed by atoms with Crippen LogP contribution in [0.25, 0.3) is 0 Å². The number of hydrogen-bond acceptors (Lipinski definition) is 11. The Kier molecular flexibility index (Phi) is 14.5. The molecule has 11 heteroatoms. The first-order chi connectivity index (χ1) is 22.6. The third-order valence-electron chi connectivity index (χ3n) is 9.46. The molecule has 3 rings (SSSR count). The largest absolute Gasteiger partial charge is 0.457 e. The van der Waals surface area contributed by atoms with Gasteiger partial charge in [0.1, 0.15) is 23.9 Å². The fourth-order valence-electron chi connectivity index (χ4n) is 6.40. The van der Waals surface area contributed by atoms with E-state index in [1.54, 1.807) is 63.7 Å². The Morgan fingerprint density at radius 3 is 2.56 bits per heavy atom. The predicted octanol–water partition coefficient (Wildman–Crippen LogP) is 3.95. The van der Waals surface area contributed by atoms with Gasteiger partial charge in [-0.3, -0.25) is 14.6 Å². The van der Waals surface area contributed by atoms with Crippen LogP contribution in [0.4, 0.5) is 0 Å². The maximum Gasteiger partial charge on any atom is 0.309 e. The zero-order chi connectivity index (χ0) is 35.6. The molecule has 2 aliphatic heterocycles. The van der Waals surface area contributed by atoms with E-state index in [9.17, 15) is 24.9 Å². The molecule has 4 N–H and O–H groups in total. The number of allylic oxidation sites excluding steroid dienone is 2. The van der Waals surface area contributed by atoms with Crippen molar-refractivity contribution in [2.75, 3.05) is 7.11 Å². The first-order valence-electron chi connectivity index (χ1n) is 16.9. The van der Waals surface area contributed by atoms with Crippen LogP contribution in [-0.4, -0.2) is 93.2 Å². The van der Waals surface area contributed by atoms with E-state index in [1.165, 1.54) is 6.92 Å². The Morgan fingerprint density at radius 2 is 1.94 bits per heavy atom. The standard InChI is InChI=1S/C37H56N2O9/c1-9-29(45-8)25(4)33-34(48-33)35(39-22-27-15-19-38-20-16-27)37(7,44)17-10-11-23(2)32-24(3)12-13-30(46-26(5)40)36(6,43)18-14-28(41)21-31(42)47-32/h10-13,15-17,19-20,24-25,28-30,32-35,39,41,43-44H,9,14,18,21-22H2,1-8H3/b13-12+,17-10+,23-11+/t24-,25+,28+,29-,30-,32-,33+,34-,35?,36+,37?/m0/s1.